The number of nitrogens with zero attached hydrogens (tertiary/aromatic N) is 2. The van der Waals surface area contributed by atoms with Crippen molar-refractivity contribution in [2.45, 2.75) is 13.5 Å². The second-order valence-electron chi connectivity index (χ2n) is 4.71. The van der Waals surface area contributed by atoms with Gasteiger partial charge in [-0.25, -0.2) is 4.39 Å². The number of rotatable bonds is 4. The Morgan fingerprint density at radius 1 is 1.27 bits per heavy atom. The lowest BCUT2D eigenvalue weighted by atomic mass is 10.1. The molecule has 0 bridgehead atoms. The second-order valence-corrected chi connectivity index (χ2v) is 4.71. The molecular formula is C15H13FN4O2. The molecule has 0 atom stereocenters. The zero-order valence-corrected chi connectivity index (χ0v) is 11.8. The van der Waals surface area contributed by atoms with Crippen molar-refractivity contribution in [2.75, 3.05) is 0 Å². The quantitative estimate of drug-likeness (QED) is 0.775. The van der Waals surface area contributed by atoms with Gasteiger partial charge in [-0.15, -0.1) is 10.2 Å². The Hall–Kier alpha value is -2.96. The summed E-state index contributed by atoms with van der Waals surface area (Å²) in [6, 6.07) is 7.75. The maximum Gasteiger partial charge on any atom is 0.268 e. The Morgan fingerprint density at radius 3 is 2.73 bits per heavy atom. The summed E-state index contributed by atoms with van der Waals surface area (Å²) in [6.07, 6.45) is 1.69. The Bertz CT molecular complexity index is 792. The maximum absolute atomic E-state index is 12.9. The van der Waals surface area contributed by atoms with Gasteiger partial charge in [0.15, 0.2) is 0 Å². The van der Waals surface area contributed by atoms with Crippen LogP contribution >= 0.6 is 0 Å². The fraction of sp³-hybridized carbons (Fsp3) is 0.133. The van der Waals surface area contributed by atoms with Crippen molar-refractivity contribution < 1.29 is 13.6 Å². The molecule has 3 rings (SSSR count). The lowest BCUT2D eigenvalue weighted by Gasteiger charge is -1.99. The number of aromatic amines is 1. The van der Waals surface area contributed by atoms with Crippen molar-refractivity contribution in [2.24, 2.45) is 0 Å². The molecule has 2 heterocycles. The van der Waals surface area contributed by atoms with E-state index in [-0.39, 0.29) is 18.3 Å². The molecule has 0 saturated heterocycles. The molecule has 1 amide bonds. The van der Waals surface area contributed by atoms with Gasteiger partial charge in [0.1, 0.15) is 11.5 Å². The lowest BCUT2D eigenvalue weighted by molar-refractivity contribution is 0.0942. The minimum atomic E-state index is -0.299. The summed E-state index contributed by atoms with van der Waals surface area (Å²) in [4.78, 5) is 14.9. The molecule has 0 aliphatic carbocycles. The van der Waals surface area contributed by atoms with Crippen LogP contribution in [-0.2, 0) is 6.54 Å². The number of aryl methyl sites for hydroxylation is 1. The summed E-state index contributed by atoms with van der Waals surface area (Å²) < 4.78 is 18.1. The van der Waals surface area contributed by atoms with Crippen LogP contribution in [0.3, 0.4) is 0 Å². The van der Waals surface area contributed by atoms with Crippen molar-refractivity contribution in [1.29, 1.82) is 0 Å². The number of halogens is 1. The first-order valence-electron chi connectivity index (χ1n) is 6.63. The van der Waals surface area contributed by atoms with Crippen molar-refractivity contribution in [3.05, 3.63) is 59.8 Å². The van der Waals surface area contributed by atoms with Gasteiger partial charge in [-0.1, -0.05) is 12.1 Å². The van der Waals surface area contributed by atoms with E-state index in [4.69, 9.17) is 4.42 Å². The normalized spacial score (nSPS) is 10.6. The predicted molar refractivity (Wildman–Crippen MR) is 76.4 cm³/mol. The van der Waals surface area contributed by atoms with Gasteiger partial charge in [-0.2, -0.15) is 0 Å². The number of hydrogen-bond acceptors (Lipinski definition) is 4. The summed E-state index contributed by atoms with van der Waals surface area (Å²) >= 11 is 0. The van der Waals surface area contributed by atoms with Gasteiger partial charge >= 0.3 is 0 Å². The van der Waals surface area contributed by atoms with E-state index in [1.807, 2.05) is 0 Å². The van der Waals surface area contributed by atoms with Gasteiger partial charge in [0, 0.05) is 13.1 Å². The van der Waals surface area contributed by atoms with Gasteiger partial charge in [0.2, 0.25) is 11.8 Å². The van der Waals surface area contributed by atoms with Gasteiger partial charge in [0.25, 0.3) is 5.91 Å². The molecule has 1 aromatic carbocycles. The highest BCUT2D eigenvalue weighted by Crippen LogP contribution is 2.20. The highest BCUT2D eigenvalue weighted by Gasteiger charge is 2.11. The molecule has 2 N–H and O–H groups in total. The Balaban J connectivity index is 1.67. The van der Waals surface area contributed by atoms with Crippen LogP contribution in [0.25, 0.3) is 11.1 Å². The van der Waals surface area contributed by atoms with E-state index in [2.05, 4.69) is 20.5 Å². The van der Waals surface area contributed by atoms with Gasteiger partial charge < -0.3 is 14.7 Å². The monoisotopic (exact) mass is 300 g/mol. The topological polar surface area (TPSA) is 83.8 Å². The van der Waals surface area contributed by atoms with Crippen LogP contribution in [0.15, 0.2) is 40.9 Å². The zero-order chi connectivity index (χ0) is 15.5. The van der Waals surface area contributed by atoms with E-state index in [0.29, 0.717) is 17.5 Å². The zero-order valence-electron chi connectivity index (χ0n) is 11.8. The van der Waals surface area contributed by atoms with E-state index in [0.717, 1.165) is 11.1 Å². The van der Waals surface area contributed by atoms with Crippen LogP contribution in [0.4, 0.5) is 4.39 Å². The summed E-state index contributed by atoms with van der Waals surface area (Å²) in [5.41, 5.74) is 2.03. The van der Waals surface area contributed by atoms with Crippen LogP contribution < -0.4 is 5.32 Å². The fourth-order valence-electron chi connectivity index (χ4n) is 1.99. The third-order valence-corrected chi connectivity index (χ3v) is 3.07. The van der Waals surface area contributed by atoms with Crippen molar-refractivity contribution in [3.63, 3.8) is 0 Å². The van der Waals surface area contributed by atoms with Crippen molar-refractivity contribution >= 4 is 5.91 Å². The number of nitrogens with one attached hydrogen (secondary N) is 2. The number of carbonyl (C=O) groups excluding carboxylic acids is 1. The molecule has 112 valence electrons. The molecular weight excluding hydrogens is 287 g/mol. The summed E-state index contributed by atoms with van der Waals surface area (Å²) in [6.45, 7) is 1.84. The number of benzene rings is 1. The standard InChI is InChI=1S/C15H13FN4O2/c1-9-19-20-14(22-9)8-18-15(21)13-6-11(7-17-13)10-2-4-12(16)5-3-10/h2-7,17H,8H2,1H3,(H,18,21). The molecule has 3 aromatic rings. The van der Waals surface area contributed by atoms with E-state index in [1.54, 1.807) is 31.3 Å². The minimum absolute atomic E-state index is 0.157. The van der Waals surface area contributed by atoms with Gasteiger partial charge in [-0.3, -0.25) is 4.79 Å². The number of aromatic nitrogens is 3. The van der Waals surface area contributed by atoms with Crippen LogP contribution in [0, 0.1) is 12.7 Å². The second kappa shape index (κ2) is 5.80. The Morgan fingerprint density at radius 2 is 2.05 bits per heavy atom. The largest absolute Gasteiger partial charge is 0.424 e. The molecule has 0 unspecified atom stereocenters. The highest BCUT2D eigenvalue weighted by molar-refractivity contribution is 5.93. The summed E-state index contributed by atoms with van der Waals surface area (Å²) in [5, 5.41) is 10.2. The molecule has 0 aliphatic rings. The molecule has 0 fully saturated rings. The Kier molecular flexibility index (Phi) is 3.69. The minimum Gasteiger partial charge on any atom is -0.424 e. The van der Waals surface area contributed by atoms with E-state index in [9.17, 15) is 9.18 Å². The maximum atomic E-state index is 12.9. The predicted octanol–water partition coefficient (Wildman–Crippen LogP) is 2.44. The smallest absolute Gasteiger partial charge is 0.268 e. The van der Waals surface area contributed by atoms with E-state index >= 15 is 0 Å². The molecule has 0 spiro atoms. The molecule has 0 saturated carbocycles. The third kappa shape index (κ3) is 3.03. The third-order valence-electron chi connectivity index (χ3n) is 3.07. The lowest BCUT2D eigenvalue weighted by Crippen LogP contribution is -2.23. The van der Waals surface area contributed by atoms with Gasteiger partial charge in [0.05, 0.1) is 6.54 Å². The molecule has 2 aromatic heterocycles. The van der Waals surface area contributed by atoms with Gasteiger partial charge in [-0.05, 0) is 29.3 Å². The SMILES string of the molecule is Cc1nnc(CNC(=O)c2cc(-c3ccc(F)cc3)c[nH]2)o1. The van der Waals surface area contributed by atoms with E-state index in [1.165, 1.54) is 12.1 Å². The van der Waals surface area contributed by atoms with Crippen LogP contribution in [-0.4, -0.2) is 21.1 Å². The number of hydrogen-bond donors (Lipinski definition) is 2. The molecule has 22 heavy (non-hydrogen) atoms. The summed E-state index contributed by atoms with van der Waals surface area (Å²) in [5.74, 6) is 0.204. The Labute approximate surface area is 125 Å². The van der Waals surface area contributed by atoms with Crippen molar-refractivity contribution in [1.82, 2.24) is 20.5 Å². The van der Waals surface area contributed by atoms with Crippen LogP contribution in [0.1, 0.15) is 22.3 Å². The number of H-pyrrole nitrogens is 1. The average molecular weight is 300 g/mol. The first kappa shape index (κ1) is 14.0. The van der Waals surface area contributed by atoms with Crippen LogP contribution in [0.2, 0.25) is 0 Å². The average Bonchev–Trinajstić information content (AvgIpc) is 3.15. The number of amides is 1. The van der Waals surface area contributed by atoms with Crippen LogP contribution in [0.5, 0.6) is 0 Å². The first-order valence-corrected chi connectivity index (χ1v) is 6.63. The molecule has 0 radical (unpaired) electrons. The molecule has 7 heteroatoms. The van der Waals surface area contributed by atoms with E-state index < -0.39 is 0 Å². The first-order chi connectivity index (χ1) is 10.6. The summed E-state index contributed by atoms with van der Waals surface area (Å²) in [7, 11) is 0. The van der Waals surface area contributed by atoms with Crippen molar-refractivity contribution in [3.8, 4) is 11.1 Å². The molecule has 6 nitrogen and oxygen atoms in total. The highest BCUT2D eigenvalue weighted by atomic mass is 19.1. The fourth-order valence-corrected chi connectivity index (χ4v) is 1.99. The molecule has 0 aliphatic heterocycles. The number of carbonyl (C=O) groups is 1.